The van der Waals surface area contributed by atoms with Crippen LogP contribution in [-0.4, -0.2) is 57.2 Å². The predicted molar refractivity (Wildman–Crippen MR) is 98.9 cm³/mol. The quantitative estimate of drug-likeness (QED) is 0.624. The highest BCUT2D eigenvalue weighted by Crippen LogP contribution is 2.28. The molecular weight excluding hydrogens is 350 g/mol. The Morgan fingerprint density at radius 1 is 1.08 bits per heavy atom. The minimum Gasteiger partial charge on any atom is -0.341 e. The van der Waals surface area contributed by atoms with Crippen LogP contribution < -0.4 is 10.0 Å². The molecule has 0 aromatic carbocycles. The third-order valence-electron chi connectivity index (χ3n) is 4.86. The number of piperidine rings is 1. The van der Waals surface area contributed by atoms with Gasteiger partial charge in [0.15, 0.2) is 0 Å². The number of hydrogen-bond donors (Lipinski definition) is 2. The van der Waals surface area contributed by atoms with Gasteiger partial charge in [0.25, 0.3) is 0 Å². The Balaban J connectivity index is 0.00000288. The van der Waals surface area contributed by atoms with Gasteiger partial charge in [-0.1, -0.05) is 19.8 Å². The van der Waals surface area contributed by atoms with E-state index in [2.05, 4.69) is 17.0 Å². The molecule has 2 N–H and O–H groups in total. The molecule has 0 bridgehead atoms. The third-order valence-corrected chi connectivity index (χ3v) is 6.73. The van der Waals surface area contributed by atoms with Crippen LogP contribution in [0.4, 0.5) is 0 Å². The number of nitrogens with one attached hydrogen (secondary N) is 2. The minimum absolute atomic E-state index is 0. The maximum atomic E-state index is 12.5. The Bertz CT molecular complexity index is 481. The van der Waals surface area contributed by atoms with E-state index in [1.54, 1.807) is 4.90 Å². The van der Waals surface area contributed by atoms with E-state index in [4.69, 9.17) is 0 Å². The van der Waals surface area contributed by atoms with Crippen molar-refractivity contribution in [3.8, 4) is 0 Å². The van der Waals surface area contributed by atoms with Crippen LogP contribution in [0.3, 0.4) is 0 Å². The van der Waals surface area contributed by atoms with Gasteiger partial charge in [0, 0.05) is 32.1 Å². The Kier molecular flexibility index (Phi) is 9.56. The Hall–Kier alpha value is -0.370. The van der Waals surface area contributed by atoms with Gasteiger partial charge >= 0.3 is 0 Å². The lowest BCUT2D eigenvalue weighted by Crippen LogP contribution is -2.50. The van der Waals surface area contributed by atoms with E-state index in [0.717, 1.165) is 45.1 Å². The lowest BCUT2D eigenvalue weighted by molar-refractivity contribution is -0.136. The Labute approximate surface area is 152 Å². The molecule has 1 amide bonds. The van der Waals surface area contributed by atoms with Gasteiger partial charge in [-0.2, -0.15) is 0 Å². The molecule has 0 aromatic heterocycles. The van der Waals surface area contributed by atoms with Crippen LogP contribution in [0.15, 0.2) is 0 Å². The number of rotatable bonds is 8. The smallest absolute Gasteiger partial charge is 0.225 e. The summed E-state index contributed by atoms with van der Waals surface area (Å²) in [5, 5.41) is 2.72. The second-order valence-electron chi connectivity index (χ2n) is 6.72. The summed E-state index contributed by atoms with van der Waals surface area (Å²) in [5.74, 6) is 0.301. The van der Waals surface area contributed by atoms with Crippen LogP contribution in [0.2, 0.25) is 0 Å². The number of amides is 1. The van der Waals surface area contributed by atoms with E-state index in [-0.39, 0.29) is 24.2 Å². The van der Waals surface area contributed by atoms with Gasteiger partial charge in [-0.15, -0.1) is 12.4 Å². The molecule has 2 aliphatic rings. The fourth-order valence-electron chi connectivity index (χ4n) is 3.52. The lowest BCUT2D eigenvalue weighted by atomic mass is 10.0. The Morgan fingerprint density at radius 3 is 2.46 bits per heavy atom. The zero-order valence-electron chi connectivity index (χ0n) is 14.6. The molecular formula is C16H32ClN3O3S. The molecule has 142 valence electrons. The summed E-state index contributed by atoms with van der Waals surface area (Å²) in [6.45, 7) is 5.09. The standard InChI is InChI=1S/C16H31N3O3S.ClH/c1-2-9-17-10-11-18-23(21,22)15-8-5-12-19(13-15)16(20)14-6-3-4-7-14;/h14-15,17-18H,2-13H2,1H3;1H. The van der Waals surface area contributed by atoms with Crippen molar-refractivity contribution in [1.82, 2.24) is 14.9 Å². The van der Waals surface area contributed by atoms with E-state index in [1.807, 2.05) is 0 Å². The maximum absolute atomic E-state index is 12.5. The highest BCUT2D eigenvalue weighted by Gasteiger charge is 2.35. The summed E-state index contributed by atoms with van der Waals surface area (Å²) in [6, 6.07) is 0. The molecule has 1 aliphatic heterocycles. The predicted octanol–water partition coefficient (Wildman–Crippen LogP) is 1.51. The average Bonchev–Trinajstić information content (AvgIpc) is 3.08. The topological polar surface area (TPSA) is 78.5 Å². The van der Waals surface area contributed by atoms with Crippen molar-refractivity contribution < 1.29 is 13.2 Å². The zero-order chi connectivity index (χ0) is 16.7. The first-order chi connectivity index (χ1) is 11.0. The van der Waals surface area contributed by atoms with Gasteiger partial charge in [-0.3, -0.25) is 4.79 Å². The molecule has 1 saturated heterocycles. The molecule has 24 heavy (non-hydrogen) atoms. The summed E-state index contributed by atoms with van der Waals surface area (Å²) >= 11 is 0. The van der Waals surface area contributed by atoms with Gasteiger partial charge in [-0.05, 0) is 38.6 Å². The average molecular weight is 382 g/mol. The maximum Gasteiger partial charge on any atom is 0.225 e. The molecule has 1 unspecified atom stereocenters. The first-order valence-corrected chi connectivity index (χ1v) is 10.6. The number of sulfonamides is 1. The molecule has 0 spiro atoms. The minimum atomic E-state index is -3.34. The van der Waals surface area contributed by atoms with Crippen LogP contribution >= 0.6 is 12.4 Å². The van der Waals surface area contributed by atoms with Gasteiger partial charge in [-0.25, -0.2) is 13.1 Å². The van der Waals surface area contributed by atoms with Crippen molar-refractivity contribution in [3.63, 3.8) is 0 Å². The fourth-order valence-corrected chi connectivity index (χ4v) is 5.00. The fraction of sp³-hybridized carbons (Fsp3) is 0.938. The highest BCUT2D eigenvalue weighted by molar-refractivity contribution is 7.90. The Morgan fingerprint density at radius 2 is 1.79 bits per heavy atom. The summed E-state index contributed by atoms with van der Waals surface area (Å²) in [7, 11) is -3.34. The molecule has 8 heteroatoms. The number of hydrogen-bond acceptors (Lipinski definition) is 4. The second kappa shape index (κ2) is 10.6. The van der Waals surface area contributed by atoms with Crippen LogP contribution in [0, 0.1) is 5.92 Å². The molecule has 0 radical (unpaired) electrons. The molecule has 0 aromatic rings. The summed E-state index contributed by atoms with van der Waals surface area (Å²) < 4.78 is 27.6. The van der Waals surface area contributed by atoms with Crippen LogP contribution in [-0.2, 0) is 14.8 Å². The third kappa shape index (κ3) is 6.17. The highest BCUT2D eigenvalue weighted by atomic mass is 35.5. The van der Waals surface area contributed by atoms with Crippen molar-refractivity contribution in [3.05, 3.63) is 0 Å². The number of likely N-dealkylation sites (tertiary alicyclic amines) is 1. The molecule has 1 atom stereocenters. The molecule has 6 nitrogen and oxygen atoms in total. The first kappa shape index (κ1) is 21.7. The lowest BCUT2D eigenvalue weighted by Gasteiger charge is -2.34. The van der Waals surface area contributed by atoms with E-state index in [0.29, 0.717) is 32.6 Å². The zero-order valence-corrected chi connectivity index (χ0v) is 16.3. The molecule has 1 heterocycles. The summed E-state index contributed by atoms with van der Waals surface area (Å²) in [6.07, 6.45) is 6.64. The molecule has 1 saturated carbocycles. The van der Waals surface area contributed by atoms with Crippen LogP contribution in [0.1, 0.15) is 51.9 Å². The van der Waals surface area contributed by atoms with Gasteiger partial charge in [0.1, 0.15) is 0 Å². The monoisotopic (exact) mass is 381 g/mol. The second-order valence-corrected chi connectivity index (χ2v) is 8.76. The number of carbonyl (C=O) groups is 1. The largest absolute Gasteiger partial charge is 0.341 e. The normalized spacial score (nSPS) is 22.4. The van der Waals surface area contributed by atoms with Crippen molar-refractivity contribution in [2.24, 2.45) is 5.92 Å². The van der Waals surface area contributed by atoms with E-state index in [1.165, 1.54) is 0 Å². The number of halogens is 1. The summed E-state index contributed by atoms with van der Waals surface area (Å²) in [4.78, 5) is 14.3. The van der Waals surface area contributed by atoms with Gasteiger partial charge in [0.05, 0.1) is 5.25 Å². The van der Waals surface area contributed by atoms with Gasteiger partial charge in [0.2, 0.25) is 15.9 Å². The molecule has 1 aliphatic carbocycles. The van der Waals surface area contributed by atoms with Gasteiger partial charge < -0.3 is 10.2 Å². The number of carbonyl (C=O) groups excluding carboxylic acids is 1. The van der Waals surface area contributed by atoms with Crippen molar-refractivity contribution in [1.29, 1.82) is 0 Å². The van der Waals surface area contributed by atoms with E-state index >= 15 is 0 Å². The number of nitrogens with zero attached hydrogens (tertiary/aromatic N) is 1. The molecule has 2 fully saturated rings. The van der Waals surface area contributed by atoms with Crippen molar-refractivity contribution in [2.75, 3.05) is 32.7 Å². The van der Waals surface area contributed by atoms with Crippen molar-refractivity contribution in [2.45, 2.75) is 57.1 Å². The SMILES string of the molecule is CCCNCCNS(=O)(=O)C1CCCN(C(=O)C2CCCC2)C1.Cl. The van der Waals surface area contributed by atoms with E-state index < -0.39 is 15.3 Å². The van der Waals surface area contributed by atoms with Crippen LogP contribution in [0.25, 0.3) is 0 Å². The molecule has 2 rings (SSSR count). The first-order valence-electron chi connectivity index (χ1n) is 9.02. The van der Waals surface area contributed by atoms with Crippen molar-refractivity contribution >= 4 is 28.3 Å². The van der Waals surface area contributed by atoms with Crippen LogP contribution in [0.5, 0.6) is 0 Å². The summed E-state index contributed by atoms with van der Waals surface area (Å²) in [5.41, 5.74) is 0. The van der Waals surface area contributed by atoms with E-state index in [9.17, 15) is 13.2 Å².